The first kappa shape index (κ1) is 15.1. The van der Waals surface area contributed by atoms with Crippen LogP contribution in [0.4, 0.5) is 17.3 Å². The number of hydrazine groups is 1. The zero-order chi connectivity index (χ0) is 15.2. The molecule has 21 heavy (non-hydrogen) atoms. The molecule has 2 aromatic rings. The van der Waals surface area contributed by atoms with Crippen LogP contribution in [-0.2, 0) is 6.42 Å². The van der Waals surface area contributed by atoms with E-state index in [9.17, 15) is 0 Å². The van der Waals surface area contributed by atoms with Crippen molar-refractivity contribution in [3.63, 3.8) is 0 Å². The molecule has 0 aliphatic rings. The third-order valence-corrected chi connectivity index (χ3v) is 3.32. The Kier molecular flexibility index (Phi) is 4.94. The Morgan fingerprint density at radius 1 is 1.33 bits per heavy atom. The average molecular weight is 287 g/mol. The quantitative estimate of drug-likeness (QED) is 0.628. The maximum absolute atomic E-state index is 5.56. The lowest BCUT2D eigenvalue weighted by molar-refractivity contribution is 0.415. The van der Waals surface area contributed by atoms with Crippen molar-refractivity contribution in [1.29, 1.82) is 0 Å². The first-order chi connectivity index (χ1) is 10.2. The standard InChI is InChI=1S/C15H21N5O/c1-4-6-13-14(19-16)17-10-18-15(13)20(2)11-7-5-8-12(9-11)21-3/h5,7-10H,4,6,16H2,1-3H3,(H,17,18,19). The van der Waals surface area contributed by atoms with Crippen LogP contribution in [0, 0.1) is 0 Å². The summed E-state index contributed by atoms with van der Waals surface area (Å²) >= 11 is 0. The van der Waals surface area contributed by atoms with Crippen LogP contribution in [0.2, 0.25) is 0 Å². The van der Waals surface area contributed by atoms with Gasteiger partial charge in [-0.25, -0.2) is 15.8 Å². The van der Waals surface area contributed by atoms with Gasteiger partial charge in [0.15, 0.2) is 0 Å². The first-order valence-electron chi connectivity index (χ1n) is 6.89. The number of nitrogen functional groups attached to an aromatic ring is 1. The Labute approximate surface area is 124 Å². The first-order valence-corrected chi connectivity index (χ1v) is 6.89. The van der Waals surface area contributed by atoms with Crippen molar-refractivity contribution < 1.29 is 4.74 Å². The number of benzene rings is 1. The summed E-state index contributed by atoms with van der Waals surface area (Å²) in [5.41, 5.74) is 4.65. The van der Waals surface area contributed by atoms with Crippen LogP contribution in [0.25, 0.3) is 0 Å². The van der Waals surface area contributed by atoms with Crippen LogP contribution in [0.3, 0.4) is 0 Å². The Morgan fingerprint density at radius 3 is 2.81 bits per heavy atom. The summed E-state index contributed by atoms with van der Waals surface area (Å²) in [4.78, 5) is 10.6. The molecular weight excluding hydrogens is 266 g/mol. The molecule has 0 radical (unpaired) electrons. The summed E-state index contributed by atoms with van der Waals surface area (Å²) in [5, 5.41) is 0. The number of hydrogen-bond acceptors (Lipinski definition) is 6. The van der Waals surface area contributed by atoms with Crippen LogP contribution < -0.4 is 20.9 Å². The fraction of sp³-hybridized carbons (Fsp3) is 0.333. The molecule has 1 aromatic carbocycles. The summed E-state index contributed by atoms with van der Waals surface area (Å²) in [5.74, 6) is 7.87. The van der Waals surface area contributed by atoms with E-state index in [0.717, 1.165) is 35.7 Å². The van der Waals surface area contributed by atoms with Gasteiger partial charge in [0.2, 0.25) is 0 Å². The van der Waals surface area contributed by atoms with Crippen molar-refractivity contribution in [2.45, 2.75) is 19.8 Å². The number of nitrogens with one attached hydrogen (secondary N) is 1. The maximum Gasteiger partial charge on any atom is 0.148 e. The number of methoxy groups -OCH3 is 1. The zero-order valence-electron chi connectivity index (χ0n) is 12.6. The van der Waals surface area contributed by atoms with Gasteiger partial charge in [0.25, 0.3) is 0 Å². The molecule has 6 heteroatoms. The van der Waals surface area contributed by atoms with Gasteiger partial charge in [0, 0.05) is 24.4 Å². The van der Waals surface area contributed by atoms with E-state index in [1.165, 1.54) is 6.33 Å². The molecule has 6 nitrogen and oxygen atoms in total. The van der Waals surface area contributed by atoms with Crippen LogP contribution in [0.5, 0.6) is 5.75 Å². The van der Waals surface area contributed by atoms with Crippen molar-refractivity contribution >= 4 is 17.3 Å². The molecule has 0 aliphatic heterocycles. The third kappa shape index (κ3) is 3.22. The summed E-state index contributed by atoms with van der Waals surface area (Å²) in [6.45, 7) is 2.11. The molecule has 0 atom stereocenters. The van der Waals surface area contributed by atoms with Crippen LogP contribution in [0.1, 0.15) is 18.9 Å². The highest BCUT2D eigenvalue weighted by molar-refractivity contribution is 5.67. The van der Waals surface area contributed by atoms with Gasteiger partial charge < -0.3 is 15.1 Å². The lowest BCUT2D eigenvalue weighted by Crippen LogP contribution is -2.18. The molecule has 1 heterocycles. The van der Waals surface area contributed by atoms with E-state index in [1.807, 2.05) is 36.2 Å². The summed E-state index contributed by atoms with van der Waals surface area (Å²) < 4.78 is 5.27. The lowest BCUT2D eigenvalue weighted by atomic mass is 10.1. The second-order valence-electron chi connectivity index (χ2n) is 4.68. The zero-order valence-corrected chi connectivity index (χ0v) is 12.6. The summed E-state index contributed by atoms with van der Waals surface area (Å²) in [6.07, 6.45) is 3.35. The minimum absolute atomic E-state index is 0.664. The minimum Gasteiger partial charge on any atom is -0.497 e. The molecule has 0 saturated heterocycles. The highest BCUT2D eigenvalue weighted by Gasteiger charge is 2.15. The minimum atomic E-state index is 0.664. The van der Waals surface area contributed by atoms with Crippen molar-refractivity contribution in [1.82, 2.24) is 9.97 Å². The number of aromatic nitrogens is 2. The normalized spacial score (nSPS) is 10.3. The van der Waals surface area contributed by atoms with Gasteiger partial charge in [-0.3, -0.25) is 0 Å². The van der Waals surface area contributed by atoms with Gasteiger partial charge in [0.05, 0.1) is 7.11 Å². The molecular formula is C15H21N5O. The van der Waals surface area contributed by atoms with E-state index in [0.29, 0.717) is 5.82 Å². The van der Waals surface area contributed by atoms with Gasteiger partial charge in [-0.05, 0) is 18.6 Å². The molecule has 0 saturated carbocycles. The molecule has 0 fully saturated rings. The predicted octanol–water partition coefficient (Wildman–Crippen LogP) is 2.49. The summed E-state index contributed by atoms with van der Waals surface area (Å²) in [7, 11) is 3.62. The monoisotopic (exact) mass is 287 g/mol. The van der Waals surface area contributed by atoms with E-state index in [-0.39, 0.29) is 0 Å². The molecule has 2 rings (SSSR count). The van der Waals surface area contributed by atoms with E-state index < -0.39 is 0 Å². The topological polar surface area (TPSA) is 76.3 Å². The van der Waals surface area contributed by atoms with Crippen LogP contribution in [-0.4, -0.2) is 24.1 Å². The fourth-order valence-corrected chi connectivity index (χ4v) is 2.24. The Morgan fingerprint density at radius 2 is 2.14 bits per heavy atom. The Balaban J connectivity index is 2.44. The van der Waals surface area contributed by atoms with Gasteiger partial charge in [-0.15, -0.1) is 0 Å². The SMILES string of the molecule is CCCc1c(NN)ncnc1N(C)c1cccc(OC)c1. The second kappa shape index (κ2) is 6.90. The number of hydrogen-bond donors (Lipinski definition) is 2. The third-order valence-electron chi connectivity index (χ3n) is 3.32. The molecule has 0 aliphatic carbocycles. The number of nitrogens with two attached hydrogens (primary N) is 1. The average Bonchev–Trinajstić information content (AvgIpc) is 2.54. The largest absolute Gasteiger partial charge is 0.497 e. The van der Waals surface area contributed by atoms with E-state index in [2.05, 4.69) is 22.3 Å². The van der Waals surface area contributed by atoms with Crippen LogP contribution in [0.15, 0.2) is 30.6 Å². The molecule has 0 amide bonds. The number of ether oxygens (including phenoxy) is 1. The number of anilines is 3. The lowest BCUT2D eigenvalue weighted by Gasteiger charge is -2.22. The highest BCUT2D eigenvalue weighted by Crippen LogP contribution is 2.30. The highest BCUT2D eigenvalue weighted by atomic mass is 16.5. The molecule has 0 spiro atoms. The van der Waals surface area contributed by atoms with Gasteiger partial charge >= 0.3 is 0 Å². The van der Waals surface area contributed by atoms with Crippen molar-refractivity contribution in [3.8, 4) is 5.75 Å². The maximum atomic E-state index is 5.56. The van der Waals surface area contributed by atoms with Gasteiger partial charge in [-0.1, -0.05) is 19.4 Å². The number of rotatable bonds is 6. The van der Waals surface area contributed by atoms with Gasteiger partial charge in [0.1, 0.15) is 23.7 Å². The van der Waals surface area contributed by atoms with E-state index >= 15 is 0 Å². The van der Waals surface area contributed by atoms with Crippen molar-refractivity contribution in [3.05, 3.63) is 36.2 Å². The van der Waals surface area contributed by atoms with Gasteiger partial charge in [-0.2, -0.15) is 0 Å². The second-order valence-corrected chi connectivity index (χ2v) is 4.68. The van der Waals surface area contributed by atoms with Crippen molar-refractivity contribution in [2.75, 3.05) is 24.5 Å². The molecule has 0 bridgehead atoms. The Bertz CT molecular complexity index is 602. The fourth-order valence-electron chi connectivity index (χ4n) is 2.24. The molecule has 1 aromatic heterocycles. The molecule has 112 valence electrons. The van der Waals surface area contributed by atoms with Crippen LogP contribution >= 0.6 is 0 Å². The van der Waals surface area contributed by atoms with E-state index in [1.54, 1.807) is 7.11 Å². The van der Waals surface area contributed by atoms with Crippen molar-refractivity contribution in [2.24, 2.45) is 5.84 Å². The predicted molar refractivity (Wildman–Crippen MR) is 84.9 cm³/mol. The number of nitrogens with zero attached hydrogens (tertiary/aromatic N) is 3. The molecule has 0 unspecified atom stereocenters. The van der Waals surface area contributed by atoms with E-state index in [4.69, 9.17) is 10.6 Å². The Hall–Kier alpha value is -2.34. The summed E-state index contributed by atoms with van der Waals surface area (Å²) in [6, 6.07) is 7.84. The molecule has 3 N–H and O–H groups in total. The smallest absolute Gasteiger partial charge is 0.148 e.